The molecule has 0 amide bonds. The van der Waals surface area contributed by atoms with Gasteiger partial charge < -0.3 is 4.90 Å². The Morgan fingerprint density at radius 3 is 2.35 bits per heavy atom. The van der Waals surface area contributed by atoms with Gasteiger partial charge in [0, 0.05) is 24.7 Å². The second-order valence-corrected chi connectivity index (χ2v) is 5.26. The summed E-state index contributed by atoms with van der Waals surface area (Å²) in [5.74, 6) is 0.698. The SMILES string of the molecule is C=C(CC(=C)N1C[C@H](C)C[C@H]1C(=C)C)C(C)=O. The van der Waals surface area contributed by atoms with Crippen LogP contribution in [0, 0.1) is 5.92 Å². The first-order valence-electron chi connectivity index (χ1n) is 6.11. The average Bonchev–Trinajstić information content (AvgIpc) is 2.60. The Bertz CT molecular complexity index is 367. The second-order valence-electron chi connectivity index (χ2n) is 5.26. The average molecular weight is 233 g/mol. The van der Waals surface area contributed by atoms with E-state index in [0.717, 1.165) is 18.7 Å². The van der Waals surface area contributed by atoms with Crippen molar-refractivity contribution in [1.82, 2.24) is 4.90 Å². The Labute approximate surface area is 105 Å². The highest BCUT2D eigenvalue weighted by molar-refractivity contribution is 5.92. The van der Waals surface area contributed by atoms with Crippen molar-refractivity contribution < 1.29 is 4.79 Å². The van der Waals surface area contributed by atoms with Gasteiger partial charge in [0.25, 0.3) is 0 Å². The van der Waals surface area contributed by atoms with Crippen molar-refractivity contribution in [1.29, 1.82) is 0 Å². The van der Waals surface area contributed by atoms with Gasteiger partial charge in [-0.3, -0.25) is 4.79 Å². The van der Waals surface area contributed by atoms with Crippen LogP contribution < -0.4 is 0 Å². The first-order chi connectivity index (χ1) is 7.82. The third kappa shape index (κ3) is 3.32. The number of ketones is 1. The molecule has 1 aliphatic rings. The van der Waals surface area contributed by atoms with Gasteiger partial charge in [0.1, 0.15) is 0 Å². The Morgan fingerprint density at radius 2 is 1.88 bits per heavy atom. The molecule has 1 fully saturated rings. The minimum atomic E-state index is 0.0465. The van der Waals surface area contributed by atoms with Gasteiger partial charge >= 0.3 is 0 Å². The molecule has 0 radical (unpaired) electrons. The van der Waals surface area contributed by atoms with Gasteiger partial charge in [-0.05, 0) is 31.8 Å². The van der Waals surface area contributed by atoms with Gasteiger partial charge in [0.05, 0.1) is 0 Å². The molecule has 0 bridgehead atoms. The number of hydrogen-bond acceptors (Lipinski definition) is 2. The largest absolute Gasteiger partial charge is 0.368 e. The third-order valence-corrected chi connectivity index (χ3v) is 3.40. The summed E-state index contributed by atoms with van der Waals surface area (Å²) >= 11 is 0. The molecular weight excluding hydrogens is 210 g/mol. The van der Waals surface area contributed by atoms with Crippen LogP contribution in [0.25, 0.3) is 0 Å². The van der Waals surface area contributed by atoms with Crippen molar-refractivity contribution in [2.45, 2.75) is 39.7 Å². The van der Waals surface area contributed by atoms with Crippen LogP contribution in [0.1, 0.15) is 33.6 Å². The van der Waals surface area contributed by atoms with Crippen molar-refractivity contribution in [2.75, 3.05) is 6.54 Å². The lowest BCUT2D eigenvalue weighted by atomic mass is 10.0. The fourth-order valence-corrected chi connectivity index (χ4v) is 2.33. The lowest BCUT2D eigenvalue weighted by molar-refractivity contribution is -0.113. The highest BCUT2D eigenvalue weighted by Crippen LogP contribution is 2.31. The first kappa shape index (κ1) is 13.8. The van der Waals surface area contributed by atoms with Gasteiger partial charge in [-0.1, -0.05) is 32.2 Å². The molecule has 0 spiro atoms. The number of allylic oxidation sites excluding steroid dienone is 1. The first-order valence-corrected chi connectivity index (χ1v) is 6.11. The topological polar surface area (TPSA) is 20.3 Å². The molecule has 1 saturated heterocycles. The Hall–Kier alpha value is -1.31. The van der Waals surface area contributed by atoms with Crippen molar-refractivity contribution in [3.8, 4) is 0 Å². The summed E-state index contributed by atoms with van der Waals surface area (Å²) in [6.07, 6.45) is 1.70. The maximum absolute atomic E-state index is 11.2. The van der Waals surface area contributed by atoms with Crippen molar-refractivity contribution in [3.63, 3.8) is 0 Å². The van der Waals surface area contributed by atoms with E-state index < -0.39 is 0 Å². The van der Waals surface area contributed by atoms with Crippen LogP contribution in [0.3, 0.4) is 0 Å². The number of rotatable bonds is 5. The molecule has 0 aliphatic carbocycles. The molecule has 17 heavy (non-hydrogen) atoms. The smallest absolute Gasteiger partial charge is 0.155 e. The van der Waals surface area contributed by atoms with E-state index in [0.29, 0.717) is 24.0 Å². The Kier molecular flexibility index (Phi) is 4.33. The highest BCUT2D eigenvalue weighted by atomic mass is 16.1. The van der Waals surface area contributed by atoms with Crippen LogP contribution in [0.15, 0.2) is 36.6 Å². The monoisotopic (exact) mass is 233 g/mol. The molecule has 1 rings (SSSR count). The number of likely N-dealkylation sites (tertiary alicyclic amines) is 1. The van der Waals surface area contributed by atoms with Crippen LogP contribution in [0.4, 0.5) is 0 Å². The summed E-state index contributed by atoms with van der Waals surface area (Å²) in [5, 5.41) is 0. The van der Waals surface area contributed by atoms with Gasteiger partial charge in [-0.2, -0.15) is 0 Å². The standard InChI is InChI=1S/C15H23NO/c1-10(2)15-7-11(3)9-16(15)13(5)8-12(4)14(6)17/h11,15H,1,4-5,7-9H2,2-3,6H3/t11-,15+/m1/s1. The zero-order valence-corrected chi connectivity index (χ0v) is 11.3. The number of Topliss-reactive ketones (excluding diaryl/α,β-unsaturated/α-hetero) is 1. The molecule has 0 saturated carbocycles. The van der Waals surface area contributed by atoms with Crippen molar-refractivity contribution in [3.05, 3.63) is 36.6 Å². The van der Waals surface area contributed by atoms with Crippen molar-refractivity contribution in [2.24, 2.45) is 5.92 Å². The predicted molar refractivity (Wildman–Crippen MR) is 72.7 cm³/mol. The van der Waals surface area contributed by atoms with Crippen molar-refractivity contribution >= 4 is 5.78 Å². The van der Waals surface area contributed by atoms with E-state index in [1.807, 2.05) is 0 Å². The number of carbonyl (C=O) groups excluding carboxylic acids is 1. The zero-order valence-electron chi connectivity index (χ0n) is 11.3. The molecular formula is C15H23NO. The second kappa shape index (κ2) is 5.35. The minimum absolute atomic E-state index is 0.0465. The Balaban J connectivity index is 2.71. The van der Waals surface area contributed by atoms with E-state index >= 15 is 0 Å². The van der Waals surface area contributed by atoms with Gasteiger partial charge in [-0.25, -0.2) is 0 Å². The van der Waals surface area contributed by atoms with Crippen LogP contribution in [0.2, 0.25) is 0 Å². The van der Waals surface area contributed by atoms with Crippen LogP contribution in [-0.4, -0.2) is 23.3 Å². The molecule has 0 aromatic heterocycles. The maximum Gasteiger partial charge on any atom is 0.155 e. The van der Waals surface area contributed by atoms with E-state index in [1.165, 1.54) is 5.57 Å². The third-order valence-electron chi connectivity index (χ3n) is 3.40. The van der Waals surface area contributed by atoms with Gasteiger partial charge in [-0.15, -0.1) is 0 Å². The number of hydrogen-bond donors (Lipinski definition) is 0. The molecule has 2 atom stereocenters. The summed E-state index contributed by atoms with van der Waals surface area (Å²) in [7, 11) is 0. The van der Waals surface area contributed by atoms with Gasteiger partial charge in [0.2, 0.25) is 0 Å². The number of nitrogens with zero attached hydrogens (tertiary/aromatic N) is 1. The zero-order chi connectivity index (χ0) is 13.2. The summed E-state index contributed by atoms with van der Waals surface area (Å²) in [6, 6.07) is 0.372. The maximum atomic E-state index is 11.2. The van der Waals surface area contributed by atoms with E-state index in [9.17, 15) is 4.79 Å². The lowest BCUT2D eigenvalue weighted by Crippen LogP contribution is -2.29. The Morgan fingerprint density at radius 1 is 1.29 bits per heavy atom. The fourth-order valence-electron chi connectivity index (χ4n) is 2.33. The summed E-state index contributed by atoms with van der Waals surface area (Å²) in [5.41, 5.74) is 2.79. The highest BCUT2D eigenvalue weighted by Gasteiger charge is 2.30. The number of carbonyl (C=O) groups is 1. The summed E-state index contributed by atoms with van der Waals surface area (Å²) in [4.78, 5) is 13.5. The predicted octanol–water partition coefficient (Wildman–Crippen LogP) is 3.32. The minimum Gasteiger partial charge on any atom is -0.368 e. The van der Waals surface area contributed by atoms with Crippen LogP contribution >= 0.6 is 0 Å². The molecule has 2 heteroatoms. The molecule has 0 unspecified atom stereocenters. The molecule has 0 N–H and O–H groups in total. The fraction of sp³-hybridized carbons (Fsp3) is 0.533. The molecule has 0 aromatic carbocycles. The molecule has 1 aliphatic heterocycles. The van der Waals surface area contributed by atoms with E-state index in [1.54, 1.807) is 6.92 Å². The lowest BCUT2D eigenvalue weighted by Gasteiger charge is -2.29. The quantitative estimate of drug-likeness (QED) is 0.536. The molecule has 0 aromatic rings. The van der Waals surface area contributed by atoms with E-state index in [4.69, 9.17) is 0 Å². The molecule has 94 valence electrons. The molecule has 1 heterocycles. The van der Waals surface area contributed by atoms with Gasteiger partial charge in [0.15, 0.2) is 5.78 Å². The van der Waals surface area contributed by atoms with Crippen LogP contribution in [-0.2, 0) is 4.79 Å². The van der Waals surface area contributed by atoms with E-state index in [-0.39, 0.29) is 5.78 Å². The van der Waals surface area contributed by atoms with E-state index in [2.05, 4.69) is 38.5 Å². The normalized spacial score (nSPS) is 23.6. The summed E-state index contributed by atoms with van der Waals surface area (Å²) in [6.45, 7) is 18.8. The summed E-state index contributed by atoms with van der Waals surface area (Å²) < 4.78 is 0. The molecule has 2 nitrogen and oxygen atoms in total. The van der Waals surface area contributed by atoms with Crippen LogP contribution in [0.5, 0.6) is 0 Å².